The second kappa shape index (κ2) is 21.5. The van der Waals surface area contributed by atoms with E-state index in [0.29, 0.717) is 11.3 Å². The zero-order valence-corrected chi connectivity index (χ0v) is 11.1. The fraction of sp³-hybridized carbons (Fsp3) is 0.231. The van der Waals surface area contributed by atoms with Gasteiger partial charge in [0.15, 0.2) is 0 Å². The molecule has 100 valence electrons. The van der Waals surface area contributed by atoms with Gasteiger partial charge in [0.1, 0.15) is 5.76 Å². The summed E-state index contributed by atoms with van der Waals surface area (Å²) in [5, 5.41) is 0. The van der Waals surface area contributed by atoms with Crippen molar-refractivity contribution in [2.24, 2.45) is 0 Å². The molecule has 0 radical (unpaired) electrons. The molecule has 0 atom stereocenters. The van der Waals surface area contributed by atoms with Gasteiger partial charge in [-0.25, -0.2) is 0 Å². The Bertz CT molecular complexity index is 393. The Morgan fingerprint density at radius 2 is 1.63 bits per heavy atom. The first-order valence-electron chi connectivity index (χ1n) is 4.41. The molecule has 0 aromatic rings. The van der Waals surface area contributed by atoms with Gasteiger partial charge in [0.25, 0.3) is 0 Å². The monoisotopic (exact) mass is 302 g/mol. The van der Waals surface area contributed by atoms with Gasteiger partial charge in [0.05, 0.1) is 5.57 Å². The van der Waals surface area contributed by atoms with Crippen LogP contribution in [0.1, 0.15) is 19.8 Å². The van der Waals surface area contributed by atoms with Crippen molar-refractivity contribution in [1.82, 2.24) is 0 Å². The average molecular weight is 302 g/mol. The van der Waals surface area contributed by atoms with Crippen LogP contribution in [0.2, 0.25) is 0 Å². The average Bonchev–Trinajstić information content (AvgIpc) is 2.45. The van der Waals surface area contributed by atoms with Crippen molar-refractivity contribution in [3.8, 4) is 12.3 Å². The number of ether oxygens (including phenoxy) is 1. The fourth-order valence-electron chi connectivity index (χ4n) is 1.03. The Labute approximate surface area is 122 Å². The third-order valence-electron chi connectivity index (χ3n) is 1.52. The van der Waals surface area contributed by atoms with Crippen LogP contribution >= 0.6 is 0 Å². The molecule has 6 heteroatoms. The van der Waals surface area contributed by atoms with Crippen molar-refractivity contribution in [3.05, 3.63) is 43.4 Å². The second-order valence-corrected chi connectivity index (χ2v) is 2.50. The molecule has 5 nitrogen and oxygen atoms in total. The topological polar surface area (TPSA) is 86.0 Å². The molecule has 0 bridgehead atoms. The van der Waals surface area contributed by atoms with Crippen LogP contribution < -0.4 is 0 Å². The third-order valence-corrected chi connectivity index (χ3v) is 1.52. The van der Waals surface area contributed by atoms with E-state index in [9.17, 15) is 4.79 Å². The van der Waals surface area contributed by atoms with Gasteiger partial charge in [0, 0.05) is 24.0 Å². The van der Waals surface area contributed by atoms with Gasteiger partial charge >= 0.3 is 39.9 Å². The van der Waals surface area contributed by atoms with E-state index in [2.05, 4.69) is 25.9 Å². The van der Waals surface area contributed by atoms with Crippen molar-refractivity contribution in [3.63, 3.8) is 0 Å². The number of terminal acetylenes is 1. The second-order valence-electron chi connectivity index (χ2n) is 2.50. The Morgan fingerprint density at radius 1 is 1.21 bits per heavy atom. The molecule has 1 aliphatic carbocycles. The standard InChI is InChI=1S/C10H10O2.3CO.Fe/c1-3-9-6-4-5-7-10(9)12-8(2)11;3*1-2;/h1,6-7H,4-5H2,2H3;;;;. The van der Waals surface area contributed by atoms with Crippen LogP contribution in [0.25, 0.3) is 0 Å². The maximum Gasteiger partial charge on any atom is 0 e. The van der Waals surface area contributed by atoms with Gasteiger partial charge in [-0.15, -0.1) is 6.42 Å². The molecule has 0 heterocycles. The first kappa shape index (κ1) is 25.9. The van der Waals surface area contributed by atoms with Crippen molar-refractivity contribution < 1.29 is 40.6 Å². The molecule has 1 aliphatic rings. The smallest absolute Gasteiger partial charge is 0 e. The van der Waals surface area contributed by atoms with Crippen molar-refractivity contribution in [1.29, 1.82) is 0 Å². The Balaban J connectivity index is -0.000000142. The predicted octanol–water partition coefficient (Wildman–Crippen LogP) is 1.67. The number of carbonyl (C=O) groups excluding carboxylic acids is 1. The summed E-state index contributed by atoms with van der Waals surface area (Å²) in [5.74, 6) is 2.67. The number of allylic oxidation sites excluding steroid dienone is 3. The summed E-state index contributed by atoms with van der Waals surface area (Å²) in [6.07, 6.45) is 10.8. The van der Waals surface area contributed by atoms with Gasteiger partial charge in [0.2, 0.25) is 0 Å². The van der Waals surface area contributed by atoms with Gasteiger partial charge in [-0.2, -0.15) is 0 Å². The maximum absolute atomic E-state index is 10.6. The summed E-state index contributed by atoms with van der Waals surface area (Å²) in [4.78, 5) is 10.6. The minimum Gasteiger partial charge on any atom is 0 e. The van der Waals surface area contributed by atoms with Crippen molar-refractivity contribution >= 4 is 5.97 Å². The first-order valence-corrected chi connectivity index (χ1v) is 4.41. The zero-order chi connectivity index (χ0) is 15.0. The zero-order valence-electron chi connectivity index (χ0n) is 10.0. The normalized spacial score (nSPS) is 10.2. The number of hydrogen-bond acceptors (Lipinski definition) is 2. The third kappa shape index (κ3) is 14.2. The van der Waals surface area contributed by atoms with E-state index in [1.165, 1.54) is 6.92 Å². The molecule has 19 heavy (non-hydrogen) atoms. The Hall–Kier alpha value is -1.75. The van der Waals surface area contributed by atoms with E-state index in [0.717, 1.165) is 12.8 Å². The van der Waals surface area contributed by atoms with Gasteiger partial charge in [-0.1, -0.05) is 12.0 Å². The van der Waals surface area contributed by atoms with Crippen LogP contribution in [-0.2, 0) is 40.6 Å². The molecule has 1 rings (SSSR count). The van der Waals surface area contributed by atoms with Crippen LogP contribution in [0.5, 0.6) is 0 Å². The molecular weight excluding hydrogens is 292 g/mol. The van der Waals surface area contributed by atoms with Gasteiger partial charge in [-0.05, 0) is 18.9 Å². The van der Waals surface area contributed by atoms with E-state index in [1.54, 1.807) is 0 Å². The molecule has 0 N–H and O–H groups in total. The van der Waals surface area contributed by atoms with E-state index in [4.69, 9.17) is 25.1 Å². The summed E-state index contributed by atoms with van der Waals surface area (Å²) >= 11 is 0. The molecule has 0 aliphatic heterocycles. The van der Waals surface area contributed by atoms with Crippen LogP contribution in [0, 0.1) is 32.3 Å². The van der Waals surface area contributed by atoms with Crippen LogP contribution in [-0.4, -0.2) is 5.97 Å². The van der Waals surface area contributed by atoms with Crippen molar-refractivity contribution in [2.75, 3.05) is 0 Å². The summed E-state index contributed by atoms with van der Waals surface area (Å²) < 4.78 is 27.4. The SMILES string of the molecule is C#CC1=CCCC=C1OC(C)=O.[C-]#[O+].[C-]#[O+].[C-]#[O+].[Fe]. The molecular formula is C13H10FeO5. The van der Waals surface area contributed by atoms with E-state index < -0.39 is 0 Å². The van der Waals surface area contributed by atoms with E-state index in [-0.39, 0.29) is 23.0 Å². The number of carbonyl (C=O) groups is 1. The van der Waals surface area contributed by atoms with E-state index >= 15 is 0 Å². The largest absolute Gasteiger partial charge is 0 e. The fourth-order valence-corrected chi connectivity index (χ4v) is 1.03. The first-order chi connectivity index (χ1) is 8.74. The Morgan fingerprint density at radius 3 is 2.00 bits per heavy atom. The minimum absolute atomic E-state index is 0. The molecule has 0 aromatic carbocycles. The summed E-state index contributed by atoms with van der Waals surface area (Å²) in [7, 11) is 0. The van der Waals surface area contributed by atoms with E-state index in [1.807, 2.05) is 12.2 Å². The van der Waals surface area contributed by atoms with Crippen LogP contribution in [0.4, 0.5) is 0 Å². The summed E-state index contributed by atoms with van der Waals surface area (Å²) in [6, 6.07) is 0. The summed E-state index contributed by atoms with van der Waals surface area (Å²) in [5.41, 5.74) is 0.677. The molecule has 0 aromatic heterocycles. The van der Waals surface area contributed by atoms with Crippen LogP contribution in [0.3, 0.4) is 0 Å². The summed E-state index contributed by atoms with van der Waals surface area (Å²) in [6.45, 7) is 14.9. The van der Waals surface area contributed by atoms with Crippen LogP contribution in [0.15, 0.2) is 23.5 Å². The molecule has 0 fully saturated rings. The minimum atomic E-state index is -0.329. The molecule has 0 amide bonds. The molecule has 0 spiro atoms. The van der Waals surface area contributed by atoms with Gasteiger partial charge in [-0.3, -0.25) is 4.79 Å². The predicted molar refractivity (Wildman–Crippen MR) is 57.8 cm³/mol. The molecule has 0 unspecified atom stereocenters. The van der Waals surface area contributed by atoms with Gasteiger partial charge < -0.3 is 4.74 Å². The number of rotatable bonds is 1. The quantitative estimate of drug-likeness (QED) is 0.242. The number of hydrogen-bond donors (Lipinski definition) is 0. The number of esters is 1. The maximum atomic E-state index is 10.6. The molecule has 0 saturated heterocycles. The van der Waals surface area contributed by atoms with Crippen molar-refractivity contribution in [2.45, 2.75) is 19.8 Å². The molecule has 0 saturated carbocycles. The Kier molecular flexibility index (Phi) is 29.4.